The molecule has 0 unspecified atom stereocenters. The first kappa shape index (κ1) is 11.5. The second-order valence-electron chi connectivity index (χ2n) is 4.39. The minimum Gasteiger partial charge on any atom is -0.805 e. The normalized spacial score (nSPS) is 10.7. The highest BCUT2D eigenvalue weighted by molar-refractivity contribution is 5.71. The van der Waals surface area contributed by atoms with Crippen molar-refractivity contribution in [3.8, 4) is 0 Å². The zero-order valence-electron chi connectivity index (χ0n) is 10.2. The van der Waals surface area contributed by atoms with Gasteiger partial charge >= 0.3 is 0 Å². The molecule has 0 amide bonds. The average molecular weight is 252 g/mol. The lowest BCUT2D eigenvalue weighted by Gasteiger charge is -2.16. The van der Waals surface area contributed by atoms with Crippen molar-refractivity contribution in [3.63, 3.8) is 0 Å². The van der Waals surface area contributed by atoms with Gasteiger partial charge in [0.1, 0.15) is 5.52 Å². The van der Waals surface area contributed by atoms with Crippen molar-refractivity contribution in [1.29, 1.82) is 0 Å². The first-order valence-electron chi connectivity index (χ1n) is 6.03. The average Bonchev–Trinajstić information content (AvgIpc) is 2.46. The maximum absolute atomic E-state index is 12.2. The third-order valence-electron chi connectivity index (χ3n) is 3.09. The van der Waals surface area contributed by atoms with Gasteiger partial charge in [0.2, 0.25) is 6.20 Å². The van der Waals surface area contributed by atoms with Gasteiger partial charge in [0.25, 0.3) is 5.52 Å². The highest BCUT2D eigenvalue weighted by Crippen LogP contribution is 2.13. The van der Waals surface area contributed by atoms with E-state index < -0.39 is 0 Å². The van der Waals surface area contributed by atoms with E-state index in [1.807, 2.05) is 30.3 Å². The van der Waals surface area contributed by atoms with Crippen LogP contribution in [0.4, 0.5) is 0 Å². The Labute approximate surface area is 109 Å². The number of rotatable bonds is 2. The van der Waals surface area contributed by atoms with E-state index in [4.69, 9.17) is 0 Å². The zero-order valence-corrected chi connectivity index (χ0v) is 10.2. The van der Waals surface area contributed by atoms with E-state index in [1.54, 1.807) is 24.3 Å². The van der Waals surface area contributed by atoms with Crippen LogP contribution < -0.4 is 4.43 Å². The van der Waals surface area contributed by atoms with Gasteiger partial charge in [0.05, 0.1) is 10.1 Å². The topological polar surface area (TPSA) is 51.0 Å². The summed E-state index contributed by atoms with van der Waals surface area (Å²) in [6.45, 7) is 0. The largest absolute Gasteiger partial charge is 0.805 e. The maximum Gasteiger partial charge on any atom is 0.285 e. The third kappa shape index (κ3) is 2.08. The van der Waals surface area contributed by atoms with Gasteiger partial charge in [0.15, 0.2) is 0 Å². The van der Waals surface area contributed by atoms with Crippen molar-refractivity contribution in [1.82, 2.24) is 4.73 Å². The molecule has 0 aliphatic heterocycles. The van der Waals surface area contributed by atoms with Crippen molar-refractivity contribution in [2.45, 2.75) is 6.42 Å². The Kier molecular flexibility index (Phi) is 2.76. The highest BCUT2D eigenvalue weighted by Gasteiger charge is 2.11. The van der Waals surface area contributed by atoms with Crippen LogP contribution in [0, 0.1) is 10.1 Å². The van der Waals surface area contributed by atoms with Crippen LogP contribution in [-0.2, 0) is 6.42 Å². The number of benzene rings is 2. The second-order valence-corrected chi connectivity index (χ2v) is 4.39. The van der Waals surface area contributed by atoms with Crippen LogP contribution in [0.25, 0.3) is 11.0 Å². The van der Waals surface area contributed by atoms with Gasteiger partial charge in [-0.3, -0.25) is 0 Å². The molecule has 0 aliphatic rings. The van der Waals surface area contributed by atoms with Crippen LogP contribution >= 0.6 is 0 Å². The Balaban J connectivity index is 2.15. The molecule has 0 bridgehead atoms. The van der Waals surface area contributed by atoms with E-state index in [0.717, 1.165) is 14.7 Å². The van der Waals surface area contributed by atoms with E-state index in [1.165, 1.54) is 6.20 Å². The fourth-order valence-corrected chi connectivity index (χ4v) is 2.16. The van der Waals surface area contributed by atoms with E-state index in [2.05, 4.69) is 0 Å². The monoisotopic (exact) mass is 252 g/mol. The van der Waals surface area contributed by atoms with Crippen molar-refractivity contribution in [2.75, 3.05) is 0 Å². The molecule has 19 heavy (non-hydrogen) atoms. The molecule has 94 valence electrons. The fraction of sp³-hybridized carbons (Fsp3) is 0.0667. The summed E-state index contributed by atoms with van der Waals surface area (Å²) >= 11 is 0. The van der Waals surface area contributed by atoms with Crippen LogP contribution in [0.3, 0.4) is 0 Å². The zero-order chi connectivity index (χ0) is 13.2. The summed E-state index contributed by atoms with van der Waals surface area (Å²) in [4.78, 5) is 11.9. The smallest absolute Gasteiger partial charge is 0.285 e. The Bertz CT molecular complexity index is 779. The number of para-hydroxylation sites is 2. The van der Waals surface area contributed by atoms with Crippen molar-refractivity contribution >= 4 is 11.0 Å². The van der Waals surface area contributed by atoms with Gasteiger partial charge < -0.3 is 9.94 Å². The molecule has 0 spiro atoms. The molecule has 4 nitrogen and oxygen atoms in total. The van der Waals surface area contributed by atoms with E-state index in [0.29, 0.717) is 23.1 Å². The molecule has 4 heteroatoms. The molecular formula is C15H12N2O2. The molecule has 0 fully saturated rings. The summed E-state index contributed by atoms with van der Waals surface area (Å²) in [6.07, 6.45) is 1.79. The lowest BCUT2D eigenvalue weighted by molar-refractivity contribution is -0.465. The lowest BCUT2D eigenvalue weighted by Crippen LogP contribution is -2.20. The predicted octanol–water partition coefficient (Wildman–Crippen LogP) is 2.49. The number of hydrogen-bond donors (Lipinski definition) is 0. The summed E-state index contributed by atoms with van der Waals surface area (Å²) in [6, 6.07) is 16.4. The molecule has 0 aliphatic carbocycles. The quantitative estimate of drug-likeness (QED) is 0.658. The van der Waals surface area contributed by atoms with Crippen LogP contribution in [0.2, 0.25) is 0 Å². The summed E-state index contributed by atoms with van der Waals surface area (Å²) in [7, 11) is 0. The number of aromatic nitrogens is 2. The molecule has 3 rings (SSSR count). The van der Waals surface area contributed by atoms with E-state index >= 15 is 0 Å². The Morgan fingerprint density at radius 1 is 1.00 bits per heavy atom. The van der Waals surface area contributed by atoms with Gasteiger partial charge in [-0.25, -0.2) is 0 Å². The molecule has 0 saturated carbocycles. The first-order valence-corrected chi connectivity index (χ1v) is 6.03. The van der Waals surface area contributed by atoms with Gasteiger partial charge in [-0.1, -0.05) is 42.5 Å². The van der Waals surface area contributed by atoms with Crippen LogP contribution in [-0.4, -0.2) is 4.73 Å². The summed E-state index contributed by atoms with van der Waals surface area (Å²) in [5.74, 6) is 0. The van der Waals surface area contributed by atoms with Gasteiger partial charge in [0, 0.05) is 17.4 Å². The summed E-state index contributed by atoms with van der Waals surface area (Å²) in [5.41, 5.74) is 2.22. The molecule has 0 N–H and O–H groups in total. The van der Waals surface area contributed by atoms with Crippen molar-refractivity contribution < 1.29 is 4.43 Å². The minimum atomic E-state index is 0.384. The van der Waals surface area contributed by atoms with Gasteiger partial charge in [-0.05, 0) is 11.6 Å². The van der Waals surface area contributed by atoms with E-state index in [9.17, 15) is 10.1 Å². The van der Waals surface area contributed by atoms with Crippen LogP contribution in [0.15, 0.2) is 60.8 Å². The standard InChI is InChI=1S/C15H12N2O2/c18-16-11-13(10-12-6-2-1-3-7-12)17(19)15-9-5-4-8-14(15)16/h1-9,11H,10H2. The number of fused-ring (bicyclic) bond motifs is 1. The molecule has 1 heterocycles. The van der Waals surface area contributed by atoms with Gasteiger partial charge in [-0.2, -0.15) is 0 Å². The van der Waals surface area contributed by atoms with Crippen LogP contribution in [0.5, 0.6) is 0 Å². The molecule has 0 radical (unpaired) electrons. The van der Waals surface area contributed by atoms with Crippen molar-refractivity contribution in [2.24, 2.45) is 0 Å². The minimum absolute atomic E-state index is 0.384. The predicted molar refractivity (Wildman–Crippen MR) is 73.3 cm³/mol. The Hall–Kier alpha value is -2.62. The molecule has 0 saturated heterocycles. The third-order valence-corrected chi connectivity index (χ3v) is 3.09. The second kappa shape index (κ2) is 4.57. The van der Waals surface area contributed by atoms with E-state index in [-0.39, 0.29) is 0 Å². The molecule has 3 aromatic rings. The summed E-state index contributed by atoms with van der Waals surface area (Å²) in [5, 5.41) is 12.2. The first-order chi connectivity index (χ1) is 9.25. The Morgan fingerprint density at radius 2 is 1.68 bits per heavy atom. The Morgan fingerprint density at radius 3 is 2.47 bits per heavy atom. The van der Waals surface area contributed by atoms with Crippen LogP contribution in [0.1, 0.15) is 11.3 Å². The fourth-order valence-electron chi connectivity index (χ4n) is 2.16. The number of nitrogens with zero attached hydrogens (tertiary/aromatic N) is 2. The van der Waals surface area contributed by atoms with Gasteiger partial charge in [-0.15, -0.1) is 0 Å². The molecule has 2 aromatic carbocycles. The maximum atomic E-state index is 12.2. The highest BCUT2D eigenvalue weighted by atomic mass is 16.5. The molecule has 1 aromatic heterocycles. The molecular weight excluding hydrogens is 240 g/mol. The summed E-state index contributed by atoms with van der Waals surface area (Å²) < 4.78 is 1.58. The number of hydrogen-bond acceptors (Lipinski definition) is 2. The van der Waals surface area contributed by atoms with Crippen molar-refractivity contribution in [3.05, 3.63) is 82.2 Å². The SMILES string of the molecule is O=[n+]1cc(Cc2ccccc2)n([O-])c2ccccc21. The lowest BCUT2D eigenvalue weighted by atomic mass is 10.1. The molecule has 0 atom stereocenters.